The summed E-state index contributed by atoms with van der Waals surface area (Å²) in [4.78, 5) is 15.9. The molecule has 26 heavy (non-hydrogen) atoms. The van der Waals surface area contributed by atoms with Crippen LogP contribution in [0.15, 0.2) is 78.2 Å². The number of hydrogen-bond donors (Lipinski definition) is 0. The van der Waals surface area contributed by atoms with Crippen LogP contribution in [0.5, 0.6) is 0 Å². The molecule has 3 aromatic rings. The second-order valence-electron chi connectivity index (χ2n) is 6.55. The van der Waals surface area contributed by atoms with Crippen molar-refractivity contribution in [2.24, 2.45) is 0 Å². The summed E-state index contributed by atoms with van der Waals surface area (Å²) in [5, 5.41) is 4.77. The van der Waals surface area contributed by atoms with Crippen molar-refractivity contribution in [1.82, 2.24) is 4.90 Å². The van der Waals surface area contributed by atoms with E-state index in [2.05, 4.69) is 65.6 Å². The molecule has 2 aromatic carbocycles. The predicted octanol–water partition coefficient (Wildman–Crippen LogP) is 4.49. The molecular weight excluding hydrogens is 357 g/mol. The molecule has 1 fully saturated rings. The summed E-state index contributed by atoms with van der Waals surface area (Å²) in [5.74, 6) is 0.207. The first-order valence-electron chi connectivity index (χ1n) is 9.05. The minimum atomic E-state index is -0.461. The van der Waals surface area contributed by atoms with Crippen LogP contribution in [-0.2, 0) is 0 Å². The molecule has 0 N–H and O–H groups in total. The number of nitrogens with zero attached hydrogens (tertiary/aromatic N) is 1. The quantitative estimate of drug-likeness (QED) is 0.599. The largest absolute Gasteiger partial charge is 0.335 e. The van der Waals surface area contributed by atoms with Crippen LogP contribution in [0.1, 0.15) is 22.5 Å². The van der Waals surface area contributed by atoms with E-state index in [-0.39, 0.29) is 5.91 Å². The Morgan fingerprint density at radius 3 is 2.19 bits per heavy atom. The minimum absolute atomic E-state index is 0.207. The zero-order valence-corrected chi connectivity index (χ0v) is 16.3. The molecule has 4 rings (SSSR count). The van der Waals surface area contributed by atoms with E-state index in [4.69, 9.17) is 0 Å². The minimum Gasteiger partial charge on any atom is -0.335 e. The van der Waals surface area contributed by atoms with Crippen LogP contribution in [0.3, 0.4) is 0 Å². The fourth-order valence-corrected chi connectivity index (χ4v) is 6.89. The van der Waals surface area contributed by atoms with E-state index < -0.39 is 7.92 Å². The number of hydrogen-bond acceptors (Lipinski definition) is 2. The molecule has 0 unspecified atom stereocenters. The Labute approximate surface area is 160 Å². The van der Waals surface area contributed by atoms with Crippen molar-refractivity contribution in [2.45, 2.75) is 18.9 Å². The number of benzene rings is 2. The lowest BCUT2D eigenvalue weighted by atomic mass is 10.2. The van der Waals surface area contributed by atoms with Gasteiger partial charge in [-0.05, 0) is 49.0 Å². The highest BCUT2D eigenvalue weighted by atomic mass is 32.1. The lowest BCUT2D eigenvalue weighted by molar-refractivity contribution is 0.0754. The molecule has 2 nitrogen and oxygen atoms in total. The van der Waals surface area contributed by atoms with Gasteiger partial charge in [0.25, 0.3) is 5.91 Å². The molecule has 4 heteroatoms. The molecule has 132 valence electrons. The Balaban J connectivity index is 1.60. The van der Waals surface area contributed by atoms with E-state index in [0.29, 0.717) is 6.04 Å². The Kier molecular flexibility index (Phi) is 5.48. The van der Waals surface area contributed by atoms with Crippen LogP contribution in [0, 0.1) is 0 Å². The average molecular weight is 379 g/mol. The molecule has 1 aromatic heterocycles. The summed E-state index contributed by atoms with van der Waals surface area (Å²) >= 11 is 1.55. The second kappa shape index (κ2) is 8.16. The highest BCUT2D eigenvalue weighted by Gasteiger charge is 2.32. The maximum absolute atomic E-state index is 12.9. The smallest absolute Gasteiger partial charge is 0.264 e. The van der Waals surface area contributed by atoms with Crippen LogP contribution in [0.2, 0.25) is 0 Å². The van der Waals surface area contributed by atoms with Gasteiger partial charge in [0, 0.05) is 12.6 Å². The van der Waals surface area contributed by atoms with Crippen molar-refractivity contribution in [3.05, 3.63) is 83.1 Å². The van der Waals surface area contributed by atoms with Crippen molar-refractivity contribution in [2.75, 3.05) is 12.7 Å². The number of carbonyl (C=O) groups excluding carboxylic acids is 1. The number of carbonyl (C=O) groups is 1. The van der Waals surface area contributed by atoms with Gasteiger partial charge in [-0.1, -0.05) is 66.7 Å². The number of likely N-dealkylation sites (tertiary alicyclic amines) is 1. The molecule has 0 bridgehead atoms. The normalized spacial score (nSPS) is 17.0. The van der Waals surface area contributed by atoms with E-state index >= 15 is 0 Å². The Morgan fingerprint density at radius 2 is 1.62 bits per heavy atom. The zero-order valence-electron chi connectivity index (χ0n) is 14.6. The van der Waals surface area contributed by atoms with Gasteiger partial charge >= 0.3 is 0 Å². The average Bonchev–Trinajstić information content (AvgIpc) is 3.39. The molecule has 1 aliphatic heterocycles. The number of thiophene rings is 1. The third-order valence-corrected chi connectivity index (χ3v) is 8.39. The summed E-state index contributed by atoms with van der Waals surface area (Å²) in [6.07, 6.45) is 3.25. The summed E-state index contributed by atoms with van der Waals surface area (Å²) < 4.78 is 0. The predicted molar refractivity (Wildman–Crippen MR) is 112 cm³/mol. The first-order chi connectivity index (χ1) is 12.8. The van der Waals surface area contributed by atoms with E-state index in [1.807, 2.05) is 17.5 Å². The van der Waals surface area contributed by atoms with Gasteiger partial charge in [0.15, 0.2) is 0 Å². The number of amides is 1. The first-order valence-corrected chi connectivity index (χ1v) is 11.5. The van der Waals surface area contributed by atoms with Gasteiger partial charge in [0.1, 0.15) is 0 Å². The van der Waals surface area contributed by atoms with Crippen molar-refractivity contribution < 1.29 is 4.79 Å². The third-order valence-electron chi connectivity index (χ3n) is 4.90. The summed E-state index contributed by atoms with van der Waals surface area (Å²) in [7, 11) is -0.461. The monoisotopic (exact) mass is 379 g/mol. The maximum atomic E-state index is 12.9. The highest BCUT2D eigenvalue weighted by molar-refractivity contribution is 7.73. The fourth-order valence-electron chi connectivity index (χ4n) is 3.62. The third kappa shape index (κ3) is 3.75. The lowest BCUT2D eigenvalue weighted by Gasteiger charge is -2.29. The van der Waals surface area contributed by atoms with E-state index in [9.17, 15) is 4.79 Å². The van der Waals surface area contributed by atoms with Gasteiger partial charge in [0.05, 0.1) is 4.88 Å². The van der Waals surface area contributed by atoms with Gasteiger partial charge in [-0.2, -0.15) is 0 Å². The van der Waals surface area contributed by atoms with E-state index in [0.717, 1.165) is 30.4 Å². The molecule has 0 aliphatic carbocycles. The van der Waals surface area contributed by atoms with Crippen molar-refractivity contribution >= 4 is 35.8 Å². The molecule has 1 aliphatic rings. The molecule has 0 spiro atoms. The summed E-state index contributed by atoms with van der Waals surface area (Å²) in [6.45, 7) is 0.883. The Bertz CT molecular complexity index is 796. The first kappa shape index (κ1) is 17.5. The zero-order chi connectivity index (χ0) is 17.8. The maximum Gasteiger partial charge on any atom is 0.264 e. The molecule has 1 saturated heterocycles. The molecule has 0 saturated carbocycles. The topological polar surface area (TPSA) is 20.3 Å². The fraction of sp³-hybridized carbons (Fsp3) is 0.227. The molecular formula is C22H22NOPS. The molecule has 1 amide bonds. The summed E-state index contributed by atoms with van der Waals surface area (Å²) in [5.41, 5.74) is 0. The van der Waals surface area contributed by atoms with Gasteiger partial charge in [-0.3, -0.25) is 4.79 Å². The van der Waals surface area contributed by atoms with Crippen LogP contribution in [0.25, 0.3) is 0 Å². The van der Waals surface area contributed by atoms with Crippen molar-refractivity contribution in [3.8, 4) is 0 Å². The SMILES string of the molecule is O=C(c1cccs1)N1CCC[C@H]1CP(c1ccccc1)c1ccccc1. The van der Waals surface area contributed by atoms with Crippen molar-refractivity contribution in [3.63, 3.8) is 0 Å². The standard InChI is InChI=1S/C22H22NOPS/c24-22(21-14-8-16-26-21)23-15-7-9-18(23)17-25(19-10-3-1-4-11-19)20-12-5-2-6-13-20/h1-6,8,10-14,16,18H,7,9,15,17H2/t18-/m0/s1. The van der Waals surface area contributed by atoms with E-state index in [1.54, 1.807) is 11.3 Å². The van der Waals surface area contributed by atoms with Crippen LogP contribution >= 0.6 is 19.3 Å². The van der Waals surface area contributed by atoms with Gasteiger partial charge < -0.3 is 4.90 Å². The molecule has 1 atom stereocenters. The van der Waals surface area contributed by atoms with Crippen LogP contribution < -0.4 is 10.6 Å². The summed E-state index contributed by atoms with van der Waals surface area (Å²) in [6, 6.07) is 25.8. The Morgan fingerprint density at radius 1 is 0.962 bits per heavy atom. The van der Waals surface area contributed by atoms with E-state index in [1.165, 1.54) is 10.6 Å². The van der Waals surface area contributed by atoms with Crippen LogP contribution in [0.4, 0.5) is 0 Å². The Hall–Kier alpha value is -1.96. The van der Waals surface area contributed by atoms with Gasteiger partial charge in [-0.15, -0.1) is 11.3 Å². The lowest BCUT2D eigenvalue weighted by Crippen LogP contribution is -2.38. The van der Waals surface area contributed by atoms with Gasteiger partial charge in [-0.25, -0.2) is 0 Å². The van der Waals surface area contributed by atoms with Gasteiger partial charge in [0.2, 0.25) is 0 Å². The van der Waals surface area contributed by atoms with Crippen LogP contribution in [-0.4, -0.2) is 29.6 Å². The molecule has 0 radical (unpaired) electrons. The number of rotatable bonds is 5. The molecule has 2 heterocycles. The van der Waals surface area contributed by atoms with Crippen molar-refractivity contribution in [1.29, 1.82) is 0 Å². The second-order valence-corrected chi connectivity index (χ2v) is 9.76. The highest BCUT2D eigenvalue weighted by Crippen LogP contribution is 2.38.